The van der Waals surface area contributed by atoms with Crippen LogP contribution in [-0.2, 0) is 16.1 Å². The van der Waals surface area contributed by atoms with Crippen LogP contribution >= 0.6 is 22.9 Å². The zero-order valence-corrected chi connectivity index (χ0v) is 25.3. The number of para-hydroxylation sites is 1. The molecule has 214 valence electrons. The zero-order valence-electron chi connectivity index (χ0n) is 23.7. The van der Waals surface area contributed by atoms with Crippen LogP contribution in [0.3, 0.4) is 0 Å². The van der Waals surface area contributed by atoms with Crippen molar-refractivity contribution < 1.29 is 9.53 Å². The fourth-order valence-electron chi connectivity index (χ4n) is 5.43. The van der Waals surface area contributed by atoms with Gasteiger partial charge in [0.25, 0.3) is 5.56 Å². The highest BCUT2D eigenvalue weighted by Gasteiger charge is 2.33. The van der Waals surface area contributed by atoms with Gasteiger partial charge in [-0.25, -0.2) is 9.79 Å². The van der Waals surface area contributed by atoms with E-state index in [0.717, 1.165) is 27.6 Å². The summed E-state index contributed by atoms with van der Waals surface area (Å²) in [5.41, 5.74) is 4.70. The lowest BCUT2D eigenvalue weighted by molar-refractivity contribution is -0.143. The Kier molecular flexibility index (Phi) is 7.61. The summed E-state index contributed by atoms with van der Waals surface area (Å²) in [6.07, 6.45) is 3.55. The molecule has 2 aromatic heterocycles. The standard InChI is InChI=1S/C34H27ClN4O3S/c1-20(2)42-33(41)30-21(3)37-34-39(31(30)22-12-14-26(35)15-13-22)32(40)29(43-34)16-25-19-38(28-11-7-6-10-27(25)28)18-24-9-5-4-8-23(24)17-36/h4-16,19-20,31H,18H2,1-3H3/b29-16+/t31-/m0/s1. The third-order valence-corrected chi connectivity index (χ3v) is 8.59. The third kappa shape index (κ3) is 5.34. The summed E-state index contributed by atoms with van der Waals surface area (Å²) in [4.78, 5) is 32.6. The van der Waals surface area contributed by atoms with E-state index in [1.54, 1.807) is 37.5 Å². The second-order valence-corrected chi connectivity index (χ2v) is 12.0. The highest BCUT2D eigenvalue weighted by molar-refractivity contribution is 7.07. The van der Waals surface area contributed by atoms with E-state index in [4.69, 9.17) is 21.3 Å². The molecular formula is C34H27ClN4O3S. The summed E-state index contributed by atoms with van der Waals surface area (Å²) in [5, 5.41) is 11.1. The summed E-state index contributed by atoms with van der Waals surface area (Å²) >= 11 is 7.46. The molecule has 43 heavy (non-hydrogen) atoms. The van der Waals surface area contributed by atoms with Gasteiger partial charge in [-0.1, -0.05) is 71.5 Å². The van der Waals surface area contributed by atoms with Crippen molar-refractivity contribution in [2.75, 3.05) is 0 Å². The molecule has 9 heteroatoms. The van der Waals surface area contributed by atoms with Crippen molar-refractivity contribution in [3.8, 4) is 6.07 Å². The fourth-order valence-corrected chi connectivity index (χ4v) is 6.60. The minimum Gasteiger partial charge on any atom is -0.459 e. The Hall–Kier alpha value is -4.71. The number of hydrogen-bond donors (Lipinski definition) is 0. The fraction of sp³-hybridized carbons (Fsp3) is 0.176. The number of nitrogens with zero attached hydrogens (tertiary/aromatic N) is 4. The van der Waals surface area contributed by atoms with Gasteiger partial charge in [0.05, 0.1) is 39.6 Å². The first-order valence-electron chi connectivity index (χ1n) is 13.8. The van der Waals surface area contributed by atoms with E-state index in [9.17, 15) is 14.9 Å². The number of halogens is 1. The van der Waals surface area contributed by atoms with Crippen molar-refractivity contribution >= 4 is 45.9 Å². The van der Waals surface area contributed by atoms with E-state index < -0.39 is 12.0 Å². The van der Waals surface area contributed by atoms with Crippen molar-refractivity contribution in [2.45, 2.75) is 39.5 Å². The maximum absolute atomic E-state index is 14.1. The van der Waals surface area contributed by atoms with Gasteiger partial charge in [-0.2, -0.15) is 5.26 Å². The van der Waals surface area contributed by atoms with Gasteiger partial charge in [-0.3, -0.25) is 9.36 Å². The van der Waals surface area contributed by atoms with E-state index in [2.05, 4.69) is 10.6 Å². The van der Waals surface area contributed by atoms with Crippen molar-refractivity contribution in [1.29, 1.82) is 5.26 Å². The number of thiazole rings is 1. The van der Waals surface area contributed by atoms with E-state index in [-0.39, 0.29) is 11.7 Å². The number of benzene rings is 3. The Morgan fingerprint density at radius 2 is 1.84 bits per heavy atom. The highest BCUT2D eigenvalue weighted by Crippen LogP contribution is 2.32. The summed E-state index contributed by atoms with van der Waals surface area (Å²) < 4.78 is 9.74. The van der Waals surface area contributed by atoms with Gasteiger partial charge in [0.1, 0.15) is 0 Å². The monoisotopic (exact) mass is 606 g/mol. The Labute approximate surface area is 256 Å². The van der Waals surface area contributed by atoms with Crippen LogP contribution in [0.1, 0.15) is 49.1 Å². The minimum atomic E-state index is -0.717. The van der Waals surface area contributed by atoms with Crippen molar-refractivity contribution in [2.24, 2.45) is 4.99 Å². The molecule has 6 rings (SSSR count). The molecule has 0 saturated heterocycles. The van der Waals surface area contributed by atoms with E-state index in [1.807, 2.05) is 72.9 Å². The van der Waals surface area contributed by atoms with Crippen LogP contribution in [-0.4, -0.2) is 21.2 Å². The van der Waals surface area contributed by atoms with Crippen LogP contribution < -0.4 is 14.9 Å². The van der Waals surface area contributed by atoms with Crippen LogP contribution in [0.4, 0.5) is 0 Å². The third-order valence-electron chi connectivity index (χ3n) is 7.35. The second kappa shape index (κ2) is 11.5. The lowest BCUT2D eigenvalue weighted by Gasteiger charge is -2.25. The van der Waals surface area contributed by atoms with Crippen LogP contribution in [0.25, 0.3) is 17.0 Å². The number of nitriles is 1. The predicted molar refractivity (Wildman–Crippen MR) is 169 cm³/mol. The van der Waals surface area contributed by atoms with E-state index in [0.29, 0.717) is 37.7 Å². The molecular weight excluding hydrogens is 580 g/mol. The predicted octanol–water partition coefficient (Wildman–Crippen LogP) is 5.71. The molecule has 0 aliphatic carbocycles. The quantitative estimate of drug-likeness (QED) is 0.231. The largest absolute Gasteiger partial charge is 0.459 e. The number of fused-ring (bicyclic) bond motifs is 2. The molecule has 0 spiro atoms. The number of ether oxygens (including phenoxy) is 1. The summed E-state index contributed by atoms with van der Waals surface area (Å²) in [6, 6.07) is 24.2. The number of carbonyl (C=O) groups is 1. The number of rotatable bonds is 6. The second-order valence-electron chi connectivity index (χ2n) is 10.6. The van der Waals surface area contributed by atoms with Gasteiger partial charge in [-0.15, -0.1) is 0 Å². The minimum absolute atomic E-state index is 0.252. The molecule has 0 unspecified atom stereocenters. The van der Waals surface area contributed by atoms with Gasteiger partial charge in [0.15, 0.2) is 4.80 Å². The molecule has 5 aromatic rings. The number of aromatic nitrogens is 2. The zero-order chi connectivity index (χ0) is 30.2. The SMILES string of the molecule is CC1=C(C(=O)OC(C)C)[C@H](c2ccc(Cl)cc2)n2c(s/c(=C/c3cn(Cc4ccccc4C#N)c4ccccc34)c2=O)=N1. The molecule has 0 N–H and O–H groups in total. The molecule has 1 aliphatic rings. The summed E-state index contributed by atoms with van der Waals surface area (Å²) in [7, 11) is 0. The molecule has 0 amide bonds. The number of esters is 1. The van der Waals surface area contributed by atoms with Crippen LogP contribution in [0.2, 0.25) is 5.02 Å². The van der Waals surface area contributed by atoms with Gasteiger partial charge in [0.2, 0.25) is 0 Å². The van der Waals surface area contributed by atoms with Crippen molar-refractivity contribution in [1.82, 2.24) is 9.13 Å². The van der Waals surface area contributed by atoms with Crippen LogP contribution in [0.15, 0.2) is 100 Å². The van der Waals surface area contributed by atoms with Crippen LogP contribution in [0, 0.1) is 11.3 Å². The first-order chi connectivity index (χ1) is 20.7. The Balaban J connectivity index is 1.51. The maximum atomic E-state index is 14.1. The lowest BCUT2D eigenvalue weighted by Crippen LogP contribution is -2.40. The lowest BCUT2D eigenvalue weighted by atomic mass is 9.96. The Morgan fingerprint density at radius 3 is 2.58 bits per heavy atom. The normalized spacial score (nSPS) is 15.0. The molecule has 0 bridgehead atoms. The molecule has 1 atom stereocenters. The topological polar surface area (TPSA) is 89.4 Å². The number of allylic oxidation sites excluding steroid dienone is 1. The summed E-state index contributed by atoms with van der Waals surface area (Å²) in [6.45, 7) is 5.85. The first-order valence-corrected chi connectivity index (χ1v) is 15.0. The van der Waals surface area contributed by atoms with Gasteiger partial charge in [0, 0.05) is 34.2 Å². The average Bonchev–Trinajstić information content (AvgIpc) is 3.49. The van der Waals surface area contributed by atoms with Gasteiger partial charge >= 0.3 is 5.97 Å². The molecule has 3 aromatic carbocycles. The number of hydrogen-bond acceptors (Lipinski definition) is 6. The highest BCUT2D eigenvalue weighted by atomic mass is 35.5. The number of carbonyl (C=O) groups excluding carboxylic acids is 1. The molecule has 0 radical (unpaired) electrons. The first kappa shape index (κ1) is 28.4. The van der Waals surface area contributed by atoms with Gasteiger partial charge in [-0.05, 0) is 62.2 Å². The Morgan fingerprint density at radius 1 is 1.12 bits per heavy atom. The van der Waals surface area contributed by atoms with Crippen molar-refractivity contribution in [3.05, 3.63) is 137 Å². The Bertz CT molecular complexity index is 2150. The van der Waals surface area contributed by atoms with Gasteiger partial charge < -0.3 is 9.30 Å². The van der Waals surface area contributed by atoms with Crippen LogP contribution in [0.5, 0.6) is 0 Å². The van der Waals surface area contributed by atoms with E-state index >= 15 is 0 Å². The summed E-state index contributed by atoms with van der Waals surface area (Å²) in [5.74, 6) is -0.508. The molecule has 1 aliphatic heterocycles. The maximum Gasteiger partial charge on any atom is 0.338 e. The average molecular weight is 607 g/mol. The van der Waals surface area contributed by atoms with E-state index in [1.165, 1.54) is 11.3 Å². The molecule has 0 fully saturated rings. The molecule has 7 nitrogen and oxygen atoms in total. The smallest absolute Gasteiger partial charge is 0.338 e. The molecule has 0 saturated carbocycles. The van der Waals surface area contributed by atoms with Crippen molar-refractivity contribution in [3.63, 3.8) is 0 Å². The molecule has 3 heterocycles.